The second-order valence-corrected chi connectivity index (χ2v) is 17.1. The van der Waals surface area contributed by atoms with Crippen LogP contribution in [0.2, 0.25) is 31.2 Å². The van der Waals surface area contributed by atoms with Gasteiger partial charge in [-0.1, -0.05) is 95.8 Å². The van der Waals surface area contributed by atoms with Gasteiger partial charge in [-0.3, -0.25) is 0 Å². The molecule has 1 aliphatic rings. The smallest absolute Gasteiger partial charge is 0.276 e. The standard InChI is InChI=1S/C26H33BrOSi2/c1-29(2)26(19-9-6-10-20-26)21-11-14-25(22-15-17-23(27)18-16-22)28-30(3,4)24-12-7-5-8-13-24/h5-10,12-19,29H,11,20-21H2,1-4H3/b25-14-. The number of halogens is 1. The summed E-state index contributed by atoms with van der Waals surface area (Å²) in [7, 11) is -2.89. The lowest BCUT2D eigenvalue weighted by Gasteiger charge is -2.35. The minimum absolute atomic E-state index is 0.377. The Hall–Kier alpha value is -1.63. The molecule has 1 aliphatic carbocycles. The molecule has 4 heteroatoms. The Balaban J connectivity index is 1.85. The summed E-state index contributed by atoms with van der Waals surface area (Å²) in [6.45, 7) is 9.52. The van der Waals surface area contributed by atoms with Gasteiger partial charge >= 0.3 is 0 Å². The predicted molar refractivity (Wildman–Crippen MR) is 140 cm³/mol. The number of hydrogen-bond donors (Lipinski definition) is 0. The van der Waals surface area contributed by atoms with Gasteiger partial charge in [-0.05, 0) is 60.8 Å². The number of benzene rings is 2. The Labute approximate surface area is 193 Å². The molecule has 0 spiro atoms. The molecule has 0 fully saturated rings. The van der Waals surface area contributed by atoms with E-state index >= 15 is 0 Å². The van der Waals surface area contributed by atoms with E-state index in [9.17, 15) is 0 Å². The van der Waals surface area contributed by atoms with Gasteiger partial charge in [0, 0.05) is 18.8 Å². The van der Waals surface area contributed by atoms with Crippen LogP contribution < -0.4 is 5.19 Å². The Morgan fingerprint density at radius 2 is 1.77 bits per heavy atom. The van der Waals surface area contributed by atoms with Gasteiger partial charge in [-0.25, -0.2) is 0 Å². The third-order valence-electron chi connectivity index (χ3n) is 6.23. The van der Waals surface area contributed by atoms with Gasteiger partial charge in [0.05, 0.1) is 0 Å². The molecule has 1 unspecified atom stereocenters. The van der Waals surface area contributed by atoms with Crippen LogP contribution in [0.1, 0.15) is 24.8 Å². The van der Waals surface area contributed by atoms with Crippen molar-refractivity contribution in [1.82, 2.24) is 0 Å². The molecule has 2 aromatic carbocycles. The van der Waals surface area contributed by atoms with Crippen molar-refractivity contribution in [3.8, 4) is 0 Å². The van der Waals surface area contributed by atoms with Crippen molar-refractivity contribution >= 4 is 44.0 Å². The molecular weight excluding hydrogens is 464 g/mol. The van der Waals surface area contributed by atoms with Crippen molar-refractivity contribution < 1.29 is 4.43 Å². The fourth-order valence-corrected chi connectivity index (χ4v) is 8.04. The van der Waals surface area contributed by atoms with Crippen LogP contribution in [0.4, 0.5) is 0 Å². The molecule has 0 saturated carbocycles. The van der Waals surface area contributed by atoms with Gasteiger partial charge in [0.1, 0.15) is 5.76 Å². The van der Waals surface area contributed by atoms with Crippen LogP contribution in [0.15, 0.2) is 89.5 Å². The van der Waals surface area contributed by atoms with Crippen molar-refractivity contribution in [1.29, 1.82) is 0 Å². The molecule has 3 rings (SSSR count). The van der Waals surface area contributed by atoms with E-state index < -0.39 is 17.1 Å². The van der Waals surface area contributed by atoms with Crippen LogP contribution >= 0.6 is 15.9 Å². The van der Waals surface area contributed by atoms with E-state index in [1.165, 1.54) is 18.0 Å². The van der Waals surface area contributed by atoms with Gasteiger partial charge < -0.3 is 4.43 Å². The summed E-state index contributed by atoms with van der Waals surface area (Å²) >= 11 is 3.56. The minimum Gasteiger partial charge on any atom is -0.539 e. The molecular formula is C26H33BrOSi2. The molecule has 158 valence electrons. The van der Waals surface area contributed by atoms with Crippen molar-refractivity contribution in [3.05, 3.63) is 95.0 Å². The topological polar surface area (TPSA) is 9.23 Å². The highest BCUT2D eigenvalue weighted by molar-refractivity contribution is 9.10. The molecule has 1 atom stereocenters. The highest BCUT2D eigenvalue weighted by atomic mass is 79.9. The molecule has 0 bridgehead atoms. The van der Waals surface area contributed by atoms with Crippen molar-refractivity contribution in [2.45, 2.75) is 50.5 Å². The lowest BCUT2D eigenvalue weighted by Crippen LogP contribution is -2.44. The Bertz CT molecular complexity index is 914. The molecule has 30 heavy (non-hydrogen) atoms. The van der Waals surface area contributed by atoms with E-state index in [-0.39, 0.29) is 0 Å². The van der Waals surface area contributed by atoms with Crippen LogP contribution in [-0.2, 0) is 4.43 Å². The van der Waals surface area contributed by atoms with Gasteiger partial charge in [-0.15, -0.1) is 0 Å². The number of allylic oxidation sites excluding steroid dienone is 5. The summed E-state index contributed by atoms with van der Waals surface area (Å²) in [5.74, 6) is 1.03. The molecule has 0 radical (unpaired) electrons. The highest BCUT2D eigenvalue weighted by Gasteiger charge is 2.31. The largest absolute Gasteiger partial charge is 0.539 e. The predicted octanol–water partition coefficient (Wildman–Crippen LogP) is 7.44. The fraction of sp³-hybridized carbons (Fsp3) is 0.308. The maximum Gasteiger partial charge on any atom is 0.276 e. The van der Waals surface area contributed by atoms with E-state index in [2.05, 4.69) is 127 Å². The van der Waals surface area contributed by atoms with Crippen molar-refractivity contribution in [2.75, 3.05) is 0 Å². The fourth-order valence-electron chi connectivity index (χ4n) is 4.06. The van der Waals surface area contributed by atoms with Gasteiger partial charge in [0.15, 0.2) is 0 Å². The van der Waals surface area contributed by atoms with E-state index in [4.69, 9.17) is 4.43 Å². The number of hydrogen-bond acceptors (Lipinski definition) is 1. The molecule has 0 aliphatic heterocycles. The summed E-state index contributed by atoms with van der Waals surface area (Å²) in [4.78, 5) is 0. The molecule has 0 aromatic heterocycles. The van der Waals surface area contributed by atoms with Crippen molar-refractivity contribution in [3.63, 3.8) is 0 Å². The van der Waals surface area contributed by atoms with Crippen molar-refractivity contribution in [2.24, 2.45) is 0 Å². The van der Waals surface area contributed by atoms with E-state index in [1.807, 2.05) is 0 Å². The maximum atomic E-state index is 6.80. The quantitative estimate of drug-likeness (QED) is 0.272. The average molecular weight is 498 g/mol. The first-order chi connectivity index (χ1) is 14.3. The summed E-state index contributed by atoms with van der Waals surface area (Å²) in [5, 5.41) is 1.70. The maximum absolute atomic E-state index is 6.80. The molecule has 0 N–H and O–H groups in total. The van der Waals surface area contributed by atoms with E-state index in [0.717, 1.165) is 22.2 Å². The Morgan fingerprint density at radius 3 is 2.37 bits per heavy atom. The lowest BCUT2D eigenvalue weighted by molar-refractivity contribution is 0.515. The highest BCUT2D eigenvalue weighted by Crippen LogP contribution is 2.44. The first-order valence-electron chi connectivity index (χ1n) is 10.9. The van der Waals surface area contributed by atoms with Crippen LogP contribution in [0.25, 0.3) is 5.76 Å². The summed E-state index contributed by atoms with van der Waals surface area (Å²) < 4.78 is 7.89. The van der Waals surface area contributed by atoms with Gasteiger partial charge in [0.25, 0.3) is 8.32 Å². The molecule has 0 heterocycles. The van der Waals surface area contributed by atoms with Gasteiger partial charge in [0.2, 0.25) is 0 Å². The second-order valence-electron chi connectivity index (χ2n) is 8.97. The Kier molecular flexibility index (Phi) is 7.77. The zero-order valence-corrected chi connectivity index (χ0v) is 22.3. The molecule has 0 saturated heterocycles. The van der Waals surface area contributed by atoms with Crippen LogP contribution in [-0.4, -0.2) is 17.1 Å². The zero-order valence-electron chi connectivity index (χ0n) is 18.6. The summed E-state index contributed by atoms with van der Waals surface area (Å²) in [6.07, 6.45) is 15.0. The second kappa shape index (κ2) is 10.1. The molecule has 0 amide bonds. The number of rotatable bonds is 8. The third-order valence-corrected chi connectivity index (χ3v) is 12.2. The third kappa shape index (κ3) is 5.74. The first-order valence-corrected chi connectivity index (χ1v) is 17.5. The SMILES string of the molecule is C[SiH](C)C1(CC/C=C(\O[Si](C)(C)c2ccccc2)c2ccc(Br)cc2)C=CC=CC1. The first kappa shape index (κ1) is 23.0. The lowest BCUT2D eigenvalue weighted by atomic mass is 9.93. The van der Waals surface area contributed by atoms with Crippen LogP contribution in [0.3, 0.4) is 0 Å². The monoisotopic (exact) mass is 496 g/mol. The zero-order chi connectivity index (χ0) is 21.6. The van der Waals surface area contributed by atoms with E-state index in [1.54, 1.807) is 0 Å². The molecule has 1 nitrogen and oxygen atoms in total. The summed E-state index contributed by atoms with van der Waals surface area (Å²) in [6, 6.07) is 19.2. The average Bonchev–Trinajstić information content (AvgIpc) is 2.75. The normalized spacial score (nSPS) is 19.3. The van der Waals surface area contributed by atoms with Gasteiger partial charge in [-0.2, -0.15) is 0 Å². The Morgan fingerprint density at radius 1 is 1.07 bits per heavy atom. The van der Waals surface area contributed by atoms with E-state index in [0.29, 0.717) is 5.04 Å². The van der Waals surface area contributed by atoms with Crippen LogP contribution in [0.5, 0.6) is 0 Å². The minimum atomic E-state index is -2.07. The molecule has 2 aromatic rings. The summed E-state index contributed by atoms with van der Waals surface area (Å²) in [5.41, 5.74) is 1.16. The van der Waals surface area contributed by atoms with Crippen LogP contribution in [0, 0.1) is 0 Å².